The number of carboxylic acid groups (broad SMARTS) is 1. The summed E-state index contributed by atoms with van der Waals surface area (Å²) in [5, 5.41) is 9.88. The highest BCUT2D eigenvalue weighted by Gasteiger charge is 2.29. The van der Waals surface area contributed by atoms with Crippen molar-refractivity contribution < 1.29 is 19.1 Å². The Labute approximate surface area is 261 Å². The fourth-order valence-corrected chi connectivity index (χ4v) is 6.24. The van der Waals surface area contributed by atoms with E-state index in [0.717, 1.165) is 51.9 Å². The van der Waals surface area contributed by atoms with Crippen molar-refractivity contribution in [1.82, 2.24) is 9.47 Å². The normalized spacial score (nSPS) is 13.0. The van der Waals surface area contributed by atoms with Crippen molar-refractivity contribution >= 4 is 11.8 Å². The summed E-state index contributed by atoms with van der Waals surface area (Å²) in [7, 11) is 3.97. The number of carboxylic acids is 1. The molecule has 0 fully saturated rings. The molecule has 0 bridgehead atoms. The first-order valence-corrected chi connectivity index (χ1v) is 15.6. The molecular formula is C37H49FN2O4. The van der Waals surface area contributed by atoms with E-state index in [2.05, 4.69) is 30.9 Å². The van der Waals surface area contributed by atoms with E-state index in [-0.39, 0.29) is 23.3 Å². The number of aromatic nitrogens is 1. The van der Waals surface area contributed by atoms with Crippen LogP contribution >= 0.6 is 0 Å². The van der Waals surface area contributed by atoms with Gasteiger partial charge in [0.15, 0.2) is 5.78 Å². The van der Waals surface area contributed by atoms with E-state index in [1.165, 1.54) is 4.57 Å². The van der Waals surface area contributed by atoms with E-state index in [9.17, 15) is 19.5 Å². The maximum atomic E-state index is 15.8. The van der Waals surface area contributed by atoms with Gasteiger partial charge in [-0.1, -0.05) is 31.5 Å². The smallest absolute Gasteiger partial charge is 0.303 e. The maximum absolute atomic E-state index is 15.8. The molecule has 0 aliphatic carbocycles. The van der Waals surface area contributed by atoms with Crippen molar-refractivity contribution in [1.29, 1.82) is 0 Å². The first-order valence-electron chi connectivity index (χ1n) is 15.6. The zero-order valence-electron chi connectivity index (χ0n) is 27.9. The van der Waals surface area contributed by atoms with E-state index < -0.39 is 30.2 Å². The average Bonchev–Trinajstić information content (AvgIpc) is 2.89. The van der Waals surface area contributed by atoms with Gasteiger partial charge in [-0.3, -0.25) is 14.4 Å². The molecule has 0 amide bonds. The van der Waals surface area contributed by atoms with E-state index >= 15 is 4.39 Å². The fourth-order valence-electron chi connectivity index (χ4n) is 6.24. The Morgan fingerprint density at radius 1 is 0.886 bits per heavy atom. The third-order valence-electron chi connectivity index (χ3n) is 8.51. The Bertz CT molecular complexity index is 1550. The highest BCUT2D eigenvalue weighted by Crippen LogP contribution is 2.36. The molecule has 1 N–H and O–H groups in total. The van der Waals surface area contributed by atoms with Crippen LogP contribution in [0.1, 0.15) is 90.4 Å². The minimum atomic E-state index is -1.11. The van der Waals surface area contributed by atoms with Crippen molar-refractivity contribution in [2.45, 2.75) is 92.5 Å². The van der Waals surface area contributed by atoms with Gasteiger partial charge in [0.05, 0.1) is 12.5 Å². The lowest BCUT2D eigenvalue weighted by Gasteiger charge is -2.25. The number of nitrogens with zero attached hydrogens (tertiary/aromatic N) is 2. The number of hydrogen-bond donors (Lipinski definition) is 1. The summed E-state index contributed by atoms with van der Waals surface area (Å²) in [6.45, 7) is 14.5. The van der Waals surface area contributed by atoms with Gasteiger partial charge < -0.3 is 14.6 Å². The van der Waals surface area contributed by atoms with Crippen molar-refractivity contribution in [2.24, 2.45) is 5.92 Å². The van der Waals surface area contributed by atoms with Crippen LogP contribution in [0, 0.1) is 46.4 Å². The third kappa shape index (κ3) is 8.75. The lowest BCUT2D eigenvalue weighted by Crippen LogP contribution is -2.32. The zero-order chi connectivity index (χ0) is 32.9. The highest BCUT2D eigenvalue weighted by atomic mass is 19.1. The molecule has 1 unspecified atom stereocenters. The Balaban J connectivity index is 2.10. The van der Waals surface area contributed by atoms with Crippen molar-refractivity contribution in [3.63, 3.8) is 0 Å². The maximum Gasteiger partial charge on any atom is 0.303 e. The second-order valence-corrected chi connectivity index (χ2v) is 13.2. The molecule has 0 saturated heterocycles. The molecule has 6 nitrogen and oxygen atoms in total. The highest BCUT2D eigenvalue weighted by molar-refractivity contribution is 5.84. The number of ketones is 1. The molecule has 0 radical (unpaired) electrons. The molecule has 2 atom stereocenters. The number of pyridine rings is 1. The van der Waals surface area contributed by atoms with Gasteiger partial charge in [-0.2, -0.15) is 0 Å². The number of carbonyl (C=O) groups excluding carboxylic acids is 1. The van der Waals surface area contributed by atoms with Crippen LogP contribution in [0.3, 0.4) is 0 Å². The molecule has 3 rings (SSSR count). The largest absolute Gasteiger partial charge is 0.481 e. The molecule has 0 saturated carbocycles. The number of carbonyl (C=O) groups is 2. The van der Waals surface area contributed by atoms with E-state index in [1.807, 2.05) is 41.8 Å². The summed E-state index contributed by atoms with van der Waals surface area (Å²) < 4.78 is 17.4. The summed E-state index contributed by atoms with van der Waals surface area (Å²) in [5.41, 5.74) is 7.22. The first kappa shape index (κ1) is 34.9. The summed E-state index contributed by atoms with van der Waals surface area (Å²) in [5.74, 6) is -2.45. The molecule has 44 heavy (non-hydrogen) atoms. The second-order valence-electron chi connectivity index (χ2n) is 13.2. The standard InChI is InChI=1S/C37H49FN2O4/c1-22(2)10-11-32(40-21-28(12-13-39(8)9)24(4)17-34(40)42)33(41)19-29(20-35(43)44)31-18-30(16-27(7)37(31)38)36-25(5)14-23(3)15-26(36)6/h14-18,21-22,29,32H,10-13,19-20H2,1-9H3,(H,43,44)/t29-,32?/m0/s1. The quantitative estimate of drug-likeness (QED) is 0.206. The van der Waals surface area contributed by atoms with Crippen LogP contribution in [0.5, 0.6) is 0 Å². The van der Waals surface area contributed by atoms with Gasteiger partial charge in [0.1, 0.15) is 5.82 Å². The van der Waals surface area contributed by atoms with Gasteiger partial charge in [-0.05, 0) is 131 Å². The summed E-state index contributed by atoms with van der Waals surface area (Å²) >= 11 is 0. The van der Waals surface area contributed by atoms with Gasteiger partial charge in [0.25, 0.3) is 5.56 Å². The number of aryl methyl sites for hydroxylation is 5. The van der Waals surface area contributed by atoms with Gasteiger partial charge >= 0.3 is 5.97 Å². The molecule has 7 heteroatoms. The molecule has 238 valence electrons. The Morgan fingerprint density at radius 2 is 1.52 bits per heavy atom. The Hall–Kier alpha value is -3.58. The van der Waals surface area contributed by atoms with Gasteiger partial charge in [-0.15, -0.1) is 0 Å². The zero-order valence-corrected chi connectivity index (χ0v) is 27.9. The van der Waals surface area contributed by atoms with Crippen molar-refractivity contribution in [2.75, 3.05) is 20.6 Å². The SMILES string of the molecule is Cc1cc(C)c(-c2cc(C)c(F)c([C@H](CC(=O)O)CC(=O)C(CCC(C)C)n3cc(CCN(C)C)c(C)cc3=O)c2)c(C)c1. The number of Topliss-reactive ketones (excluding diaryl/α,β-unsaturated/α-hetero) is 1. The van der Waals surface area contributed by atoms with Crippen LogP contribution in [0.4, 0.5) is 4.39 Å². The Kier molecular flexibility index (Phi) is 11.8. The molecule has 0 aliphatic heterocycles. The lowest BCUT2D eigenvalue weighted by molar-refractivity contribution is -0.137. The number of hydrogen-bond acceptors (Lipinski definition) is 4. The van der Waals surface area contributed by atoms with Crippen molar-refractivity contribution in [3.05, 3.63) is 91.6 Å². The molecule has 1 aromatic heterocycles. The fraction of sp³-hybridized carbons (Fsp3) is 0.486. The topological polar surface area (TPSA) is 79.6 Å². The van der Waals surface area contributed by atoms with E-state index in [4.69, 9.17) is 0 Å². The van der Waals surface area contributed by atoms with Gasteiger partial charge in [0.2, 0.25) is 0 Å². The molecule has 0 spiro atoms. The first-order chi connectivity index (χ1) is 20.6. The molecule has 2 aromatic carbocycles. The van der Waals surface area contributed by atoms with Crippen LogP contribution in [-0.2, 0) is 16.0 Å². The van der Waals surface area contributed by atoms with Crippen LogP contribution in [0.15, 0.2) is 41.3 Å². The second kappa shape index (κ2) is 14.9. The predicted octanol–water partition coefficient (Wildman–Crippen LogP) is 7.50. The number of rotatable bonds is 14. The Morgan fingerprint density at radius 3 is 2.09 bits per heavy atom. The van der Waals surface area contributed by atoms with Crippen LogP contribution in [0.2, 0.25) is 0 Å². The molecule has 1 heterocycles. The number of benzene rings is 2. The van der Waals surface area contributed by atoms with E-state index in [1.54, 1.807) is 31.3 Å². The van der Waals surface area contributed by atoms with Gasteiger partial charge in [-0.25, -0.2) is 4.39 Å². The third-order valence-corrected chi connectivity index (χ3v) is 8.51. The number of likely N-dealkylation sites (N-methyl/N-ethyl adjacent to an activating group) is 1. The van der Waals surface area contributed by atoms with Gasteiger partial charge in [0, 0.05) is 31.1 Å². The number of aliphatic carboxylic acids is 1. The predicted molar refractivity (Wildman–Crippen MR) is 176 cm³/mol. The molecule has 3 aromatic rings. The number of halogens is 1. The van der Waals surface area contributed by atoms with Crippen LogP contribution in [0.25, 0.3) is 11.1 Å². The minimum Gasteiger partial charge on any atom is -0.481 e. The minimum absolute atomic E-state index is 0.186. The summed E-state index contributed by atoms with van der Waals surface area (Å²) in [6.07, 6.45) is 3.09. The molecule has 0 aliphatic rings. The van der Waals surface area contributed by atoms with Crippen LogP contribution in [-0.4, -0.2) is 47.0 Å². The van der Waals surface area contributed by atoms with Crippen molar-refractivity contribution in [3.8, 4) is 11.1 Å². The lowest BCUT2D eigenvalue weighted by atomic mass is 9.84. The van der Waals surface area contributed by atoms with Crippen LogP contribution < -0.4 is 5.56 Å². The van der Waals surface area contributed by atoms with E-state index in [0.29, 0.717) is 24.3 Å². The average molecular weight is 605 g/mol. The summed E-state index contributed by atoms with van der Waals surface area (Å²) in [6, 6.07) is 8.46. The monoisotopic (exact) mass is 604 g/mol. The summed E-state index contributed by atoms with van der Waals surface area (Å²) in [4.78, 5) is 41.6. The molecular weight excluding hydrogens is 555 g/mol.